The molecular weight excluding hydrogens is 308 g/mol. The van der Waals surface area contributed by atoms with Crippen LogP contribution in [0.1, 0.15) is 60.9 Å². The van der Waals surface area contributed by atoms with Crippen LogP contribution >= 0.6 is 0 Å². The molecule has 1 aliphatic heterocycles. The van der Waals surface area contributed by atoms with Crippen LogP contribution in [0.4, 0.5) is 0 Å². The molecule has 1 saturated heterocycles. The predicted molar refractivity (Wildman–Crippen MR) is 85.1 cm³/mol. The van der Waals surface area contributed by atoms with Crippen molar-refractivity contribution in [3.63, 3.8) is 0 Å². The summed E-state index contributed by atoms with van der Waals surface area (Å²) in [5.41, 5.74) is 1.18. The van der Waals surface area contributed by atoms with E-state index >= 15 is 0 Å². The Kier molecular flexibility index (Phi) is 4.05. The smallest absolute Gasteiger partial charge is 0.292 e. The highest BCUT2D eigenvalue weighted by atomic mass is 16.5. The number of carbonyl (C=O) groups is 1. The number of carbonyl (C=O) groups excluding carboxylic acids is 1. The highest BCUT2D eigenvalue weighted by molar-refractivity contribution is 5.90. The van der Waals surface area contributed by atoms with Crippen molar-refractivity contribution in [1.29, 1.82) is 0 Å². The Bertz CT molecular complexity index is 720. The maximum absolute atomic E-state index is 12.0. The summed E-state index contributed by atoms with van der Waals surface area (Å²) in [5, 5.41) is 11.1. The van der Waals surface area contributed by atoms with E-state index in [0.717, 1.165) is 45.3 Å². The SMILES string of the molecule is CCn1nccc1CN1CCC[C@@H]1c1nc(C(=O)NC2CC2)no1. The molecule has 0 unspecified atom stereocenters. The van der Waals surface area contributed by atoms with Gasteiger partial charge in [0.05, 0.1) is 11.7 Å². The molecule has 0 aromatic carbocycles. The fraction of sp³-hybridized carbons (Fsp3) is 0.625. The molecule has 2 aromatic rings. The Balaban J connectivity index is 1.46. The highest BCUT2D eigenvalue weighted by Crippen LogP contribution is 2.32. The van der Waals surface area contributed by atoms with E-state index in [4.69, 9.17) is 4.52 Å². The molecule has 1 amide bonds. The summed E-state index contributed by atoms with van der Waals surface area (Å²) in [6, 6.07) is 2.40. The number of hydrogen-bond acceptors (Lipinski definition) is 6. The lowest BCUT2D eigenvalue weighted by Gasteiger charge is -2.21. The Labute approximate surface area is 140 Å². The van der Waals surface area contributed by atoms with Crippen LogP contribution in [0.15, 0.2) is 16.8 Å². The van der Waals surface area contributed by atoms with Gasteiger partial charge in [-0.2, -0.15) is 10.1 Å². The summed E-state index contributed by atoms with van der Waals surface area (Å²) in [6.07, 6.45) is 5.95. The van der Waals surface area contributed by atoms with Crippen molar-refractivity contribution < 1.29 is 9.32 Å². The maximum atomic E-state index is 12.0. The predicted octanol–water partition coefficient (Wildman–Crippen LogP) is 1.52. The fourth-order valence-corrected chi connectivity index (χ4v) is 3.22. The summed E-state index contributed by atoms with van der Waals surface area (Å²) in [7, 11) is 0. The van der Waals surface area contributed by atoms with Crippen molar-refractivity contribution in [2.45, 2.75) is 57.8 Å². The topological polar surface area (TPSA) is 89.1 Å². The number of nitrogens with one attached hydrogen (secondary N) is 1. The van der Waals surface area contributed by atoms with Gasteiger partial charge in [0, 0.05) is 25.3 Å². The molecule has 0 bridgehead atoms. The molecule has 1 saturated carbocycles. The average Bonchev–Trinajstić information content (AvgIpc) is 3.01. The van der Waals surface area contributed by atoms with Crippen LogP contribution in [0.3, 0.4) is 0 Å². The van der Waals surface area contributed by atoms with Crippen molar-refractivity contribution in [1.82, 2.24) is 30.1 Å². The van der Waals surface area contributed by atoms with Crippen LogP contribution in [0, 0.1) is 0 Å². The zero-order valence-corrected chi connectivity index (χ0v) is 13.8. The lowest BCUT2D eigenvalue weighted by atomic mass is 10.2. The van der Waals surface area contributed by atoms with E-state index in [2.05, 4.69) is 32.4 Å². The second-order valence-electron chi connectivity index (χ2n) is 6.47. The number of aromatic nitrogens is 4. The third-order valence-electron chi connectivity index (χ3n) is 4.68. The minimum Gasteiger partial charge on any atom is -0.346 e. The average molecular weight is 330 g/mol. The van der Waals surface area contributed by atoms with Gasteiger partial charge in [-0.1, -0.05) is 5.16 Å². The molecule has 2 fully saturated rings. The van der Waals surface area contributed by atoms with E-state index in [0.29, 0.717) is 5.89 Å². The van der Waals surface area contributed by atoms with E-state index in [9.17, 15) is 4.79 Å². The first-order valence-electron chi connectivity index (χ1n) is 8.64. The van der Waals surface area contributed by atoms with Crippen LogP contribution in [-0.4, -0.2) is 43.3 Å². The first kappa shape index (κ1) is 15.3. The van der Waals surface area contributed by atoms with Gasteiger partial charge in [-0.3, -0.25) is 14.4 Å². The number of aryl methyl sites for hydroxylation is 1. The normalized spacial score (nSPS) is 21.3. The van der Waals surface area contributed by atoms with Crippen LogP contribution in [0.2, 0.25) is 0 Å². The number of amides is 1. The lowest BCUT2D eigenvalue weighted by molar-refractivity contribution is 0.0937. The van der Waals surface area contributed by atoms with Crippen molar-refractivity contribution in [2.24, 2.45) is 0 Å². The molecule has 0 radical (unpaired) electrons. The van der Waals surface area contributed by atoms with Crippen molar-refractivity contribution in [2.75, 3.05) is 6.54 Å². The van der Waals surface area contributed by atoms with Crippen LogP contribution < -0.4 is 5.32 Å². The van der Waals surface area contributed by atoms with Crippen molar-refractivity contribution in [3.8, 4) is 0 Å². The fourth-order valence-electron chi connectivity index (χ4n) is 3.22. The van der Waals surface area contributed by atoms with Gasteiger partial charge in [-0.25, -0.2) is 0 Å². The Morgan fingerprint density at radius 1 is 1.42 bits per heavy atom. The summed E-state index contributed by atoms with van der Waals surface area (Å²) in [6.45, 7) is 4.71. The largest absolute Gasteiger partial charge is 0.346 e. The Morgan fingerprint density at radius 3 is 3.08 bits per heavy atom. The quantitative estimate of drug-likeness (QED) is 0.864. The summed E-state index contributed by atoms with van der Waals surface area (Å²) < 4.78 is 7.39. The van der Waals surface area contributed by atoms with E-state index in [1.54, 1.807) is 0 Å². The molecule has 0 spiro atoms. The van der Waals surface area contributed by atoms with E-state index in [1.807, 2.05) is 16.9 Å². The van der Waals surface area contributed by atoms with Crippen LogP contribution in [0.25, 0.3) is 0 Å². The van der Waals surface area contributed by atoms with Crippen LogP contribution in [-0.2, 0) is 13.1 Å². The zero-order chi connectivity index (χ0) is 16.5. The van der Waals surface area contributed by atoms with Gasteiger partial charge in [-0.15, -0.1) is 0 Å². The van der Waals surface area contributed by atoms with Gasteiger partial charge in [0.2, 0.25) is 5.89 Å². The molecule has 1 N–H and O–H groups in total. The Hall–Kier alpha value is -2.22. The summed E-state index contributed by atoms with van der Waals surface area (Å²) >= 11 is 0. The number of hydrogen-bond donors (Lipinski definition) is 1. The maximum Gasteiger partial charge on any atom is 0.292 e. The van der Waals surface area contributed by atoms with Crippen LogP contribution in [0.5, 0.6) is 0 Å². The first-order valence-corrected chi connectivity index (χ1v) is 8.64. The second kappa shape index (κ2) is 6.35. The molecule has 24 heavy (non-hydrogen) atoms. The van der Waals surface area contributed by atoms with Gasteiger partial charge >= 0.3 is 0 Å². The minimum atomic E-state index is -0.235. The summed E-state index contributed by atoms with van der Waals surface area (Å²) in [4.78, 5) is 18.7. The molecule has 2 aliphatic rings. The van der Waals surface area contributed by atoms with E-state index in [1.165, 1.54) is 5.69 Å². The lowest BCUT2D eigenvalue weighted by Crippen LogP contribution is -2.27. The first-order chi connectivity index (χ1) is 11.7. The number of likely N-dealkylation sites (tertiary alicyclic amines) is 1. The molecule has 1 atom stereocenters. The second-order valence-corrected chi connectivity index (χ2v) is 6.47. The molecule has 8 nitrogen and oxygen atoms in total. The van der Waals surface area contributed by atoms with Crippen molar-refractivity contribution in [3.05, 3.63) is 29.7 Å². The monoisotopic (exact) mass is 330 g/mol. The molecular formula is C16H22N6O2. The molecule has 3 heterocycles. The van der Waals surface area contributed by atoms with Gasteiger partial charge < -0.3 is 9.84 Å². The van der Waals surface area contributed by atoms with Gasteiger partial charge in [0.25, 0.3) is 11.7 Å². The Morgan fingerprint density at radius 2 is 2.29 bits per heavy atom. The van der Waals surface area contributed by atoms with Gasteiger partial charge in [-0.05, 0) is 45.2 Å². The standard InChI is InChI=1S/C16H22N6O2/c1-2-22-12(7-8-17-22)10-21-9-3-4-13(21)16-19-14(20-24-16)15(23)18-11-5-6-11/h7-8,11,13H,2-6,9-10H2,1H3,(H,18,23)/t13-/m1/s1. The third kappa shape index (κ3) is 3.06. The molecule has 128 valence electrons. The van der Waals surface area contributed by atoms with E-state index < -0.39 is 0 Å². The molecule has 2 aromatic heterocycles. The van der Waals surface area contributed by atoms with Gasteiger partial charge in [0.15, 0.2) is 0 Å². The molecule has 8 heteroatoms. The number of nitrogens with zero attached hydrogens (tertiary/aromatic N) is 5. The number of rotatable bonds is 6. The van der Waals surface area contributed by atoms with Crippen molar-refractivity contribution >= 4 is 5.91 Å². The molecule has 1 aliphatic carbocycles. The van der Waals surface area contributed by atoms with E-state index in [-0.39, 0.29) is 23.8 Å². The third-order valence-corrected chi connectivity index (χ3v) is 4.68. The molecule has 4 rings (SSSR count). The summed E-state index contributed by atoms with van der Waals surface area (Å²) in [5.74, 6) is 0.444. The van der Waals surface area contributed by atoms with Gasteiger partial charge in [0.1, 0.15) is 0 Å². The zero-order valence-electron chi connectivity index (χ0n) is 13.8. The highest BCUT2D eigenvalue weighted by Gasteiger charge is 2.33. The minimum absolute atomic E-state index is 0.0696.